The highest BCUT2D eigenvalue weighted by atomic mass is 32.2. The van der Waals surface area contributed by atoms with Crippen LogP contribution >= 0.6 is 0 Å². The molecule has 1 aromatic rings. The Morgan fingerprint density at radius 1 is 1.10 bits per heavy atom. The van der Waals surface area contributed by atoms with Crippen molar-refractivity contribution in [1.29, 1.82) is 5.26 Å². The molecule has 20 heavy (non-hydrogen) atoms. The highest BCUT2D eigenvalue weighted by Gasteiger charge is 2.20. The van der Waals surface area contributed by atoms with Gasteiger partial charge in [0.1, 0.15) is 0 Å². The van der Waals surface area contributed by atoms with Crippen LogP contribution in [0.5, 0.6) is 0 Å². The number of sulfonamides is 1. The number of nitrogens with zero attached hydrogens (tertiary/aromatic N) is 3. The lowest BCUT2D eigenvalue weighted by atomic mass is 10.2. The summed E-state index contributed by atoms with van der Waals surface area (Å²) in [5.41, 5.74) is 0.821. The zero-order valence-corrected chi connectivity index (χ0v) is 13.0. The lowest BCUT2D eigenvalue weighted by Crippen LogP contribution is -2.29. The summed E-state index contributed by atoms with van der Waals surface area (Å²) in [4.78, 5) is 2.29. The number of hydrogen-bond donors (Lipinski definition) is 0. The van der Waals surface area contributed by atoms with E-state index in [-0.39, 0.29) is 4.90 Å². The van der Waals surface area contributed by atoms with E-state index in [4.69, 9.17) is 5.26 Å². The van der Waals surface area contributed by atoms with Crippen molar-refractivity contribution < 1.29 is 8.42 Å². The molecule has 1 aromatic carbocycles. The topological polar surface area (TPSA) is 64.4 Å². The molecule has 0 N–H and O–H groups in total. The second kappa shape index (κ2) is 7.39. The van der Waals surface area contributed by atoms with Crippen molar-refractivity contribution in [2.45, 2.75) is 17.7 Å². The first-order valence-corrected chi connectivity index (χ1v) is 7.89. The molecule has 0 aliphatic carbocycles. The fraction of sp³-hybridized carbons (Fsp3) is 0.500. The van der Waals surface area contributed by atoms with Crippen LogP contribution in [-0.4, -0.2) is 51.9 Å². The molecule has 0 aliphatic heterocycles. The van der Waals surface area contributed by atoms with Gasteiger partial charge < -0.3 is 4.90 Å². The summed E-state index contributed by atoms with van der Waals surface area (Å²) in [6.07, 6.45) is 1.08. The van der Waals surface area contributed by atoms with Crippen molar-refractivity contribution in [3.63, 3.8) is 0 Å². The SMILES string of the molecule is CN(C)CCCN(C)S(=O)(=O)c1ccc(CC#N)cc1. The third kappa shape index (κ3) is 4.60. The standard InChI is InChI=1S/C14H21N3O2S/c1-16(2)11-4-12-17(3)20(18,19)14-7-5-13(6-8-14)9-10-15/h5-8H,4,9,11-12H2,1-3H3. The van der Waals surface area contributed by atoms with Crippen LogP contribution in [0.3, 0.4) is 0 Å². The molecule has 0 aliphatic rings. The Morgan fingerprint density at radius 3 is 2.20 bits per heavy atom. The van der Waals surface area contributed by atoms with E-state index in [9.17, 15) is 8.42 Å². The summed E-state index contributed by atoms with van der Waals surface area (Å²) in [6.45, 7) is 1.33. The fourth-order valence-electron chi connectivity index (χ4n) is 1.78. The predicted octanol–water partition coefficient (Wildman–Crippen LogP) is 1.32. The van der Waals surface area contributed by atoms with Crippen LogP contribution in [0.4, 0.5) is 0 Å². The molecule has 0 radical (unpaired) electrons. The first-order valence-electron chi connectivity index (χ1n) is 6.45. The van der Waals surface area contributed by atoms with Gasteiger partial charge in [0.15, 0.2) is 0 Å². The molecule has 0 fully saturated rings. The molecule has 0 unspecified atom stereocenters. The van der Waals surface area contributed by atoms with Crippen molar-refractivity contribution in [3.05, 3.63) is 29.8 Å². The normalized spacial score (nSPS) is 11.8. The third-order valence-corrected chi connectivity index (χ3v) is 4.86. The zero-order chi connectivity index (χ0) is 15.2. The number of benzene rings is 1. The Morgan fingerprint density at radius 2 is 1.70 bits per heavy atom. The minimum absolute atomic E-state index is 0.270. The van der Waals surface area contributed by atoms with E-state index in [1.54, 1.807) is 31.3 Å². The summed E-state index contributed by atoms with van der Waals surface area (Å²) in [7, 11) is 2.08. The van der Waals surface area contributed by atoms with Crippen LogP contribution in [-0.2, 0) is 16.4 Å². The van der Waals surface area contributed by atoms with Gasteiger partial charge >= 0.3 is 0 Å². The maximum Gasteiger partial charge on any atom is 0.242 e. The molecule has 5 nitrogen and oxygen atoms in total. The van der Waals surface area contributed by atoms with Crippen molar-refractivity contribution in [3.8, 4) is 6.07 Å². The van der Waals surface area contributed by atoms with Gasteiger partial charge in [0.25, 0.3) is 0 Å². The van der Waals surface area contributed by atoms with E-state index in [0.29, 0.717) is 13.0 Å². The molecular weight excluding hydrogens is 274 g/mol. The third-order valence-electron chi connectivity index (χ3n) is 2.99. The predicted molar refractivity (Wildman–Crippen MR) is 78.7 cm³/mol. The number of hydrogen-bond acceptors (Lipinski definition) is 4. The first kappa shape index (κ1) is 16.6. The number of rotatable bonds is 7. The molecule has 110 valence electrons. The number of nitriles is 1. The molecular formula is C14H21N3O2S. The van der Waals surface area contributed by atoms with Gasteiger partial charge in [-0.2, -0.15) is 5.26 Å². The largest absolute Gasteiger partial charge is 0.309 e. The van der Waals surface area contributed by atoms with E-state index in [2.05, 4.69) is 0 Å². The van der Waals surface area contributed by atoms with E-state index in [1.807, 2.05) is 25.1 Å². The Hall–Kier alpha value is -1.42. The minimum atomic E-state index is -3.44. The summed E-state index contributed by atoms with van der Waals surface area (Å²) in [5.74, 6) is 0. The smallest absolute Gasteiger partial charge is 0.242 e. The Balaban J connectivity index is 2.74. The van der Waals surface area contributed by atoms with Crippen LogP contribution in [0.15, 0.2) is 29.2 Å². The Bertz CT molecular complexity index is 559. The van der Waals surface area contributed by atoms with Crippen molar-refractivity contribution >= 4 is 10.0 Å². The molecule has 1 rings (SSSR count). The van der Waals surface area contributed by atoms with Crippen molar-refractivity contribution in [2.75, 3.05) is 34.2 Å². The second-order valence-electron chi connectivity index (χ2n) is 4.96. The van der Waals surface area contributed by atoms with E-state index in [1.165, 1.54) is 4.31 Å². The van der Waals surface area contributed by atoms with Gasteiger partial charge in [-0.1, -0.05) is 12.1 Å². The first-order chi connectivity index (χ1) is 9.37. The Labute approximate surface area is 121 Å². The molecule has 0 aromatic heterocycles. The monoisotopic (exact) mass is 295 g/mol. The second-order valence-corrected chi connectivity index (χ2v) is 7.01. The molecule has 0 saturated heterocycles. The van der Waals surface area contributed by atoms with Gasteiger partial charge in [0, 0.05) is 13.6 Å². The molecule has 0 atom stereocenters. The van der Waals surface area contributed by atoms with Crippen LogP contribution in [0.25, 0.3) is 0 Å². The quantitative estimate of drug-likeness (QED) is 0.761. The maximum absolute atomic E-state index is 12.3. The average Bonchev–Trinajstić information content (AvgIpc) is 2.39. The molecule has 0 heterocycles. The summed E-state index contributed by atoms with van der Waals surface area (Å²) in [6, 6.07) is 8.53. The summed E-state index contributed by atoms with van der Waals surface area (Å²) >= 11 is 0. The maximum atomic E-state index is 12.3. The van der Waals surface area contributed by atoms with Crippen LogP contribution in [0.2, 0.25) is 0 Å². The lowest BCUT2D eigenvalue weighted by Gasteiger charge is -2.18. The van der Waals surface area contributed by atoms with Crippen LogP contribution < -0.4 is 0 Å². The van der Waals surface area contributed by atoms with Crippen molar-refractivity contribution in [1.82, 2.24) is 9.21 Å². The average molecular weight is 295 g/mol. The van der Waals surface area contributed by atoms with E-state index in [0.717, 1.165) is 18.5 Å². The minimum Gasteiger partial charge on any atom is -0.309 e. The van der Waals surface area contributed by atoms with Gasteiger partial charge in [-0.25, -0.2) is 12.7 Å². The summed E-state index contributed by atoms with van der Waals surface area (Å²) in [5, 5.41) is 8.60. The van der Waals surface area contributed by atoms with Crippen LogP contribution in [0, 0.1) is 11.3 Å². The lowest BCUT2D eigenvalue weighted by molar-refractivity contribution is 0.370. The molecule has 0 bridgehead atoms. The highest BCUT2D eigenvalue weighted by Crippen LogP contribution is 2.15. The molecule has 0 amide bonds. The highest BCUT2D eigenvalue weighted by molar-refractivity contribution is 7.89. The summed E-state index contributed by atoms with van der Waals surface area (Å²) < 4.78 is 26.0. The van der Waals surface area contributed by atoms with Gasteiger partial charge in [0.2, 0.25) is 10.0 Å². The van der Waals surface area contributed by atoms with E-state index >= 15 is 0 Å². The van der Waals surface area contributed by atoms with Gasteiger partial charge in [-0.15, -0.1) is 0 Å². The van der Waals surface area contributed by atoms with Gasteiger partial charge in [0.05, 0.1) is 17.4 Å². The van der Waals surface area contributed by atoms with E-state index < -0.39 is 10.0 Å². The zero-order valence-electron chi connectivity index (χ0n) is 12.2. The van der Waals surface area contributed by atoms with Crippen molar-refractivity contribution in [2.24, 2.45) is 0 Å². The Kier molecular flexibility index (Phi) is 6.14. The van der Waals surface area contributed by atoms with Gasteiger partial charge in [-0.05, 0) is 44.8 Å². The molecule has 0 saturated carbocycles. The molecule has 0 spiro atoms. The fourth-order valence-corrected chi connectivity index (χ4v) is 2.99. The molecule has 6 heteroatoms. The van der Waals surface area contributed by atoms with Gasteiger partial charge in [-0.3, -0.25) is 0 Å². The van der Waals surface area contributed by atoms with Crippen LogP contribution in [0.1, 0.15) is 12.0 Å².